The lowest BCUT2D eigenvalue weighted by molar-refractivity contribution is -0.141. The molecule has 6 heteroatoms. The molecule has 0 aliphatic carbocycles. The molecule has 1 saturated heterocycles. The second-order valence-corrected chi connectivity index (χ2v) is 7.85. The summed E-state index contributed by atoms with van der Waals surface area (Å²) in [5.74, 6) is 0.503. The van der Waals surface area contributed by atoms with Gasteiger partial charge in [-0.1, -0.05) is 20.8 Å². The van der Waals surface area contributed by atoms with E-state index in [4.69, 9.17) is 0 Å². The number of piperidine rings is 1. The molecule has 0 radical (unpaired) electrons. The van der Waals surface area contributed by atoms with E-state index in [0.29, 0.717) is 5.92 Å². The van der Waals surface area contributed by atoms with Crippen LogP contribution in [0.25, 0.3) is 0 Å². The third kappa shape index (κ3) is 4.06. The van der Waals surface area contributed by atoms with Crippen LogP contribution in [0.2, 0.25) is 0 Å². The molecule has 1 aliphatic heterocycles. The molecule has 5 nitrogen and oxygen atoms in total. The molecule has 2 amide bonds. The zero-order valence-corrected chi connectivity index (χ0v) is 14.6. The van der Waals surface area contributed by atoms with E-state index >= 15 is 0 Å². The predicted molar refractivity (Wildman–Crippen MR) is 87.4 cm³/mol. The lowest BCUT2D eigenvalue weighted by Crippen LogP contribution is -2.46. The van der Waals surface area contributed by atoms with Gasteiger partial charge in [0.2, 0.25) is 11.8 Å². The highest BCUT2D eigenvalue weighted by atomic mass is 32.1. The zero-order valence-electron chi connectivity index (χ0n) is 13.8. The van der Waals surface area contributed by atoms with Crippen molar-refractivity contribution in [3.8, 4) is 0 Å². The van der Waals surface area contributed by atoms with Gasteiger partial charge < -0.3 is 10.2 Å². The topological polar surface area (TPSA) is 62.3 Å². The third-order valence-corrected chi connectivity index (χ3v) is 4.87. The smallest absolute Gasteiger partial charge is 0.227 e. The fourth-order valence-electron chi connectivity index (χ4n) is 2.90. The number of amides is 2. The number of hydrogen-bond acceptors (Lipinski definition) is 4. The number of nitrogens with zero attached hydrogens (tertiary/aromatic N) is 2. The minimum Gasteiger partial charge on any atom is -0.347 e. The lowest BCUT2D eigenvalue weighted by Gasteiger charge is -2.38. The summed E-state index contributed by atoms with van der Waals surface area (Å²) in [5, 5.41) is 5.92. The molecule has 1 aromatic heterocycles. The molecule has 1 N–H and O–H groups in total. The van der Waals surface area contributed by atoms with E-state index in [9.17, 15) is 9.59 Å². The number of aromatic nitrogens is 1. The van der Waals surface area contributed by atoms with Crippen molar-refractivity contribution in [2.45, 2.75) is 46.6 Å². The first-order chi connectivity index (χ1) is 10.3. The Morgan fingerprint density at radius 1 is 1.36 bits per heavy atom. The van der Waals surface area contributed by atoms with Crippen LogP contribution in [0.4, 0.5) is 0 Å². The number of carbonyl (C=O) groups is 2. The molecular formula is C16H25N3O2S. The molecule has 1 aromatic rings. The second kappa shape index (κ2) is 6.77. The van der Waals surface area contributed by atoms with E-state index in [0.717, 1.165) is 30.9 Å². The Morgan fingerprint density at radius 2 is 2.00 bits per heavy atom. The van der Waals surface area contributed by atoms with E-state index in [2.05, 4.69) is 10.3 Å². The number of hydrogen-bond donors (Lipinski definition) is 1. The van der Waals surface area contributed by atoms with Gasteiger partial charge in [-0.25, -0.2) is 4.98 Å². The second-order valence-electron chi connectivity index (χ2n) is 6.93. The Balaban J connectivity index is 2.02. The molecule has 122 valence electrons. The summed E-state index contributed by atoms with van der Waals surface area (Å²) >= 11 is 1.57. The summed E-state index contributed by atoms with van der Waals surface area (Å²) in [6, 6.07) is -0.0376. The largest absolute Gasteiger partial charge is 0.347 e. The predicted octanol–water partition coefficient (Wildman–Crippen LogP) is 2.61. The summed E-state index contributed by atoms with van der Waals surface area (Å²) in [4.78, 5) is 30.2. The van der Waals surface area contributed by atoms with Gasteiger partial charge in [-0.15, -0.1) is 11.3 Å². The van der Waals surface area contributed by atoms with Crippen molar-refractivity contribution in [2.75, 3.05) is 13.1 Å². The SMILES string of the molecule is CC(=O)NC(c1nccs1)C1CCN(C(=O)C(C)(C)C)CC1. The maximum Gasteiger partial charge on any atom is 0.227 e. The molecule has 1 fully saturated rings. The van der Waals surface area contributed by atoms with Gasteiger partial charge in [-0.2, -0.15) is 0 Å². The number of carbonyl (C=O) groups excluding carboxylic acids is 2. The van der Waals surface area contributed by atoms with Crippen molar-refractivity contribution in [2.24, 2.45) is 11.3 Å². The fraction of sp³-hybridized carbons (Fsp3) is 0.688. The summed E-state index contributed by atoms with van der Waals surface area (Å²) < 4.78 is 0. The molecule has 0 saturated carbocycles. The Labute approximate surface area is 136 Å². The van der Waals surface area contributed by atoms with Crippen molar-refractivity contribution >= 4 is 23.2 Å². The van der Waals surface area contributed by atoms with Gasteiger partial charge in [-0.3, -0.25) is 9.59 Å². The van der Waals surface area contributed by atoms with Crippen molar-refractivity contribution in [1.82, 2.24) is 15.2 Å². The van der Waals surface area contributed by atoms with Gasteiger partial charge in [0.05, 0.1) is 6.04 Å². The summed E-state index contributed by atoms with van der Waals surface area (Å²) in [5.41, 5.74) is -0.334. The van der Waals surface area contributed by atoms with Gasteiger partial charge in [-0.05, 0) is 18.8 Å². The zero-order chi connectivity index (χ0) is 16.3. The molecule has 2 rings (SSSR count). The molecule has 1 atom stereocenters. The molecule has 2 heterocycles. The van der Waals surface area contributed by atoms with E-state index in [-0.39, 0.29) is 23.3 Å². The highest BCUT2D eigenvalue weighted by Crippen LogP contribution is 2.33. The molecule has 0 bridgehead atoms. The van der Waals surface area contributed by atoms with Gasteiger partial charge >= 0.3 is 0 Å². The van der Waals surface area contributed by atoms with E-state index < -0.39 is 0 Å². The average Bonchev–Trinajstić information content (AvgIpc) is 2.97. The van der Waals surface area contributed by atoms with Crippen molar-refractivity contribution < 1.29 is 9.59 Å². The average molecular weight is 323 g/mol. The van der Waals surface area contributed by atoms with Crippen LogP contribution in [0.5, 0.6) is 0 Å². The minimum absolute atomic E-state index is 0.0339. The van der Waals surface area contributed by atoms with Crippen LogP contribution < -0.4 is 5.32 Å². The van der Waals surface area contributed by atoms with E-state index in [1.54, 1.807) is 24.5 Å². The monoisotopic (exact) mass is 323 g/mol. The third-order valence-electron chi connectivity index (χ3n) is 4.02. The fourth-order valence-corrected chi connectivity index (χ4v) is 3.68. The molecule has 0 spiro atoms. The normalized spacial score (nSPS) is 18.1. The Morgan fingerprint density at radius 3 is 2.45 bits per heavy atom. The molecule has 1 aliphatic rings. The van der Waals surface area contributed by atoms with Crippen LogP contribution in [0.15, 0.2) is 11.6 Å². The van der Waals surface area contributed by atoms with E-state index in [1.807, 2.05) is 31.1 Å². The summed E-state index contributed by atoms with van der Waals surface area (Å²) in [7, 11) is 0. The Bertz CT molecular complexity index is 514. The highest BCUT2D eigenvalue weighted by molar-refractivity contribution is 7.09. The van der Waals surface area contributed by atoms with Crippen LogP contribution in [0.3, 0.4) is 0 Å². The molecule has 1 unspecified atom stereocenters. The quantitative estimate of drug-likeness (QED) is 0.930. The van der Waals surface area contributed by atoms with Crippen LogP contribution in [-0.4, -0.2) is 34.8 Å². The number of thiazole rings is 1. The first-order valence-corrected chi connectivity index (χ1v) is 8.63. The highest BCUT2D eigenvalue weighted by Gasteiger charge is 2.34. The summed E-state index contributed by atoms with van der Waals surface area (Å²) in [6.45, 7) is 8.91. The van der Waals surface area contributed by atoms with Gasteiger partial charge in [0.1, 0.15) is 5.01 Å². The Hall–Kier alpha value is -1.43. The number of likely N-dealkylation sites (tertiary alicyclic amines) is 1. The van der Waals surface area contributed by atoms with Gasteiger partial charge in [0.15, 0.2) is 0 Å². The molecule has 0 aromatic carbocycles. The van der Waals surface area contributed by atoms with Crippen LogP contribution in [-0.2, 0) is 9.59 Å². The molecular weight excluding hydrogens is 298 g/mol. The maximum absolute atomic E-state index is 12.3. The van der Waals surface area contributed by atoms with E-state index in [1.165, 1.54) is 0 Å². The molecule has 22 heavy (non-hydrogen) atoms. The standard InChI is InChI=1S/C16H25N3O2S/c1-11(20)18-13(14-17-7-10-22-14)12-5-8-19(9-6-12)15(21)16(2,3)4/h7,10,12-13H,5-6,8-9H2,1-4H3,(H,18,20). The van der Waals surface area contributed by atoms with Crippen LogP contribution in [0.1, 0.15) is 51.6 Å². The number of rotatable bonds is 3. The minimum atomic E-state index is -0.334. The lowest BCUT2D eigenvalue weighted by atomic mass is 9.87. The first kappa shape index (κ1) is 16.9. The van der Waals surface area contributed by atoms with Crippen LogP contribution >= 0.6 is 11.3 Å². The summed E-state index contributed by atoms with van der Waals surface area (Å²) in [6.07, 6.45) is 3.56. The van der Waals surface area contributed by atoms with Crippen LogP contribution in [0, 0.1) is 11.3 Å². The maximum atomic E-state index is 12.3. The van der Waals surface area contributed by atoms with Gasteiger partial charge in [0, 0.05) is 37.0 Å². The van der Waals surface area contributed by atoms with Crippen molar-refractivity contribution in [3.63, 3.8) is 0 Å². The van der Waals surface area contributed by atoms with Crippen molar-refractivity contribution in [3.05, 3.63) is 16.6 Å². The number of nitrogens with one attached hydrogen (secondary N) is 1. The Kier molecular flexibility index (Phi) is 5.21. The van der Waals surface area contributed by atoms with Crippen molar-refractivity contribution in [1.29, 1.82) is 0 Å². The first-order valence-electron chi connectivity index (χ1n) is 7.75. The van der Waals surface area contributed by atoms with Gasteiger partial charge in [0.25, 0.3) is 0 Å².